The highest BCUT2D eigenvalue weighted by Gasteiger charge is 2.19. The molecule has 9 heteroatoms. The first-order valence-electron chi connectivity index (χ1n) is 9.61. The zero-order valence-electron chi connectivity index (χ0n) is 18.0. The second-order valence-corrected chi connectivity index (χ2v) is 7.71. The van der Waals surface area contributed by atoms with Gasteiger partial charge in [0.2, 0.25) is 11.8 Å². The highest BCUT2D eigenvalue weighted by atomic mass is 127. The Kier molecular flexibility index (Phi) is 8.78. The Morgan fingerprint density at radius 2 is 1.74 bits per heavy atom. The zero-order chi connectivity index (χ0) is 21.6. The number of aliphatic imine (C=N–C) groups is 1. The van der Waals surface area contributed by atoms with Crippen molar-refractivity contribution in [2.45, 2.75) is 39.3 Å². The number of rotatable bonds is 6. The molecule has 0 amide bonds. The molecule has 0 aliphatic heterocycles. The number of benzene rings is 1. The largest absolute Gasteiger partial charge is 0.443 e. The number of oxazole rings is 1. The second kappa shape index (κ2) is 11.1. The van der Waals surface area contributed by atoms with E-state index in [1.165, 1.54) is 12.1 Å². The Bertz CT molecular complexity index is 982. The van der Waals surface area contributed by atoms with E-state index in [4.69, 9.17) is 9.15 Å². The maximum atomic E-state index is 13.0. The Morgan fingerprint density at radius 1 is 1.03 bits per heavy atom. The van der Waals surface area contributed by atoms with Gasteiger partial charge in [-0.25, -0.2) is 14.4 Å². The molecule has 2 aromatic heterocycles. The molecule has 7 nitrogen and oxygen atoms in total. The molecule has 0 radical (unpaired) electrons. The monoisotopic (exact) mass is 539 g/mol. The van der Waals surface area contributed by atoms with Crippen molar-refractivity contribution in [3.63, 3.8) is 0 Å². The maximum Gasteiger partial charge on any atom is 0.219 e. The molecule has 3 aromatic rings. The molecule has 0 spiro atoms. The molecule has 31 heavy (non-hydrogen) atoms. The summed E-state index contributed by atoms with van der Waals surface area (Å²) in [7, 11) is 1.70. The van der Waals surface area contributed by atoms with Crippen LogP contribution in [0.3, 0.4) is 0 Å². The van der Waals surface area contributed by atoms with E-state index >= 15 is 0 Å². The SMILES string of the molecule is CN=C(NCc1ccc(Oc2ccc(F)cc2)nc1)NCc1ncc(C(C)(C)C)o1.I. The van der Waals surface area contributed by atoms with Crippen molar-refractivity contribution in [3.05, 3.63) is 71.8 Å². The molecular weight excluding hydrogens is 512 g/mol. The van der Waals surface area contributed by atoms with E-state index in [2.05, 4.69) is 46.4 Å². The van der Waals surface area contributed by atoms with Crippen LogP contribution in [-0.2, 0) is 18.5 Å². The summed E-state index contributed by atoms with van der Waals surface area (Å²) in [6, 6.07) is 9.46. The Balaban J connectivity index is 0.00000341. The summed E-state index contributed by atoms with van der Waals surface area (Å²) in [4.78, 5) is 12.8. The fourth-order valence-corrected chi connectivity index (χ4v) is 2.50. The summed E-state index contributed by atoms with van der Waals surface area (Å²) in [5.74, 6) is 2.73. The van der Waals surface area contributed by atoms with E-state index in [9.17, 15) is 4.39 Å². The Morgan fingerprint density at radius 3 is 2.32 bits per heavy atom. The number of ether oxygens (including phenoxy) is 1. The van der Waals surface area contributed by atoms with Gasteiger partial charge in [-0.2, -0.15) is 0 Å². The lowest BCUT2D eigenvalue weighted by Crippen LogP contribution is -2.36. The highest BCUT2D eigenvalue weighted by Crippen LogP contribution is 2.22. The number of nitrogens with zero attached hydrogens (tertiary/aromatic N) is 3. The number of halogens is 2. The van der Waals surface area contributed by atoms with Crippen molar-refractivity contribution in [1.29, 1.82) is 0 Å². The van der Waals surface area contributed by atoms with Crippen LogP contribution in [0.4, 0.5) is 4.39 Å². The topological polar surface area (TPSA) is 84.6 Å². The van der Waals surface area contributed by atoms with E-state index in [0.29, 0.717) is 36.6 Å². The van der Waals surface area contributed by atoms with Gasteiger partial charge in [0.1, 0.15) is 17.3 Å². The summed E-state index contributed by atoms with van der Waals surface area (Å²) in [5.41, 5.74) is 0.876. The van der Waals surface area contributed by atoms with Gasteiger partial charge in [0.15, 0.2) is 5.96 Å². The highest BCUT2D eigenvalue weighted by molar-refractivity contribution is 14.0. The minimum absolute atomic E-state index is 0. The normalized spacial score (nSPS) is 11.6. The fraction of sp³-hybridized carbons (Fsp3) is 0.318. The van der Waals surface area contributed by atoms with Gasteiger partial charge in [0.25, 0.3) is 0 Å². The Labute approximate surface area is 198 Å². The van der Waals surface area contributed by atoms with E-state index in [1.807, 2.05) is 6.07 Å². The fourth-order valence-electron chi connectivity index (χ4n) is 2.50. The number of pyridine rings is 1. The van der Waals surface area contributed by atoms with Crippen LogP contribution >= 0.6 is 24.0 Å². The van der Waals surface area contributed by atoms with Crippen molar-refractivity contribution in [2.24, 2.45) is 4.99 Å². The third-order valence-corrected chi connectivity index (χ3v) is 4.22. The predicted molar refractivity (Wildman–Crippen MR) is 128 cm³/mol. The first kappa shape index (κ1) is 24.6. The molecule has 2 heterocycles. The van der Waals surface area contributed by atoms with E-state index < -0.39 is 0 Å². The number of guanidine groups is 1. The summed E-state index contributed by atoms with van der Waals surface area (Å²) in [6.07, 6.45) is 3.47. The predicted octanol–water partition coefficient (Wildman–Crippen LogP) is 4.78. The lowest BCUT2D eigenvalue weighted by molar-refractivity contribution is 0.379. The van der Waals surface area contributed by atoms with Crippen LogP contribution in [0, 0.1) is 5.82 Å². The molecule has 0 atom stereocenters. The molecule has 0 unspecified atom stereocenters. The molecule has 0 aliphatic carbocycles. The van der Waals surface area contributed by atoms with Crippen LogP contribution in [0.5, 0.6) is 11.6 Å². The van der Waals surface area contributed by atoms with Crippen molar-refractivity contribution in [1.82, 2.24) is 20.6 Å². The van der Waals surface area contributed by atoms with Crippen LogP contribution in [0.2, 0.25) is 0 Å². The van der Waals surface area contributed by atoms with Gasteiger partial charge in [0.05, 0.1) is 12.7 Å². The van der Waals surface area contributed by atoms with Gasteiger partial charge in [0, 0.05) is 31.3 Å². The van der Waals surface area contributed by atoms with Crippen molar-refractivity contribution >= 4 is 29.9 Å². The number of hydrogen-bond donors (Lipinski definition) is 2. The first-order valence-corrected chi connectivity index (χ1v) is 9.61. The van der Waals surface area contributed by atoms with E-state index in [-0.39, 0.29) is 35.2 Å². The van der Waals surface area contributed by atoms with Gasteiger partial charge in [-0.15, -0.1) is 24.0 Å². The van der Waals surface area contributed by atoms with Crippen molar-refractivity contribution in [2.75, 3.05) is 7.05 Å². The van der Waals surface area contributed by atoms with Gasteiger partial charge >= 0.3 is 0 Å². The minimum Gasteiger partial charge on any atom is -0.443 e. The average molecular weight is 539 g/mol. The van der Waals surface area contributed by atoms with Crippen LogP contribution in [0.1, 0.15) is 38.0 Å². The van der Waals surface area contributed by atoms with Crippen LogP contribution in [0.15, 0.2) is 58.2 Å². The van der Waals surface area contributed by atoms with Crippen molar-refractivity contribution < 1.29 is 13.5 Å². The number of nitrogens with one attached hydrogen (secondary N) is 2. The summed E-state index contributed by atoms with van der Waals surface area (Å²) < 4.78 is 24.3. The third kappa shape index (κ3) is 7.50. The van der Waals surface area contributed by atoms with Crippen LogP contribution in [-0.4, -0.2) is 23.0 Å². The standard InChI is InChI=1S/C22H26FN5O2.HI/c1-22(2,3)18-13-26-20(30-18)14-28-21(24-4)27-12-15-5-10-19(25-11-15)29-17-8-6-16(23)7-9-17;/h5-11,13H,12,14H2,1-4H3,(H2,24,27,28);1H. The molecule has 2 N–H and O–H groups in total. The van der Waals surface area contributed by atoms with Gasteiger partial charge in [-0.3, -0.25) is 4.99 Å². The quantitative estimate of drug-likeness (QED) is 0.267. The summed E-state index contributed by atoms with van der Waals surface area (Å²) in [6.45, 7) is 7.19. The summed E-state index contributed by atoms with van der Waals surface area (Å²) in [5, 5.41) is 6.39. The van der Waals surface area contributed by atoms with Gasteiger partial charge in [-0.1, -0.05) is 26.8 Å². The molecule has 1 aromatic carbocycles. The van der Waals surface area contributed by atoms with E-state index in [1.54, 1.807) is 37.6 Å². The van der Waals surface area contributed by atoms with Crippen LogP contribution < -0.4 is 15.4 Å². The third-order valence-electron chi connectivity index (χ3n) is 4.22. The molecule has 0 saturated carbocycles. The zero-order valence-corrected chi connectivity index (χ0v) is 20.3. The van der Waals surface area contributed by atoms with Gasteiger partial charge < -0.3 is 19.8 Å². The van der Waals surface area contributed by atoms with Gasteiger partial charge in [-0.05, 0) is 29.8 Å². The molecule has 0 aliphatic rings. The van der Waals surface area contributed by atoms with Crippen LogP contribution in [0.25, 0.3) is 0 Å². The lowest BCUT2D eigenvalue weighted by Gasteiger charge is -2.13. The first-order chi connectivity index (χ1) is 14.3. The molecule has 166 valence electrons. The molecular formula is C22H27FIN5O2. The minimum atomic E-state index is -0.309. The van der Waals surface area contributed by atoms with Crippen molar-refractivity contribution in [3.8, 4) is 11.6 Å². The number of aromatic nitrogens is 2. The molecule has 0 bridgehead atoms. The smallest absolute Gasteiger partial charge is 0.219 e. The summed E-state index contributed by atoms with van der Waals surface area (Å²) >= 11 is 0. The molecule has 0 fully saturated rings. The maximum absolute atomic E-state index is 13.0. The molecule has 0 saturated heterocycles. The Hall–Kier alpha value is -2.69. The number of hydrogen-bond acceptors (Lipinski definition) is 5. The van der Waals surface area contributed by atoms with E-state index in [0.717, 1.165) is 11.3 Å². The second-order valence-electron chi connectivity index (χ2n) is 7.71. The molecule has 3 rings (SSSR count). The lowest BCUT2D eigenvalue weighted by atomic mass is 9.94. The average Bonchev–Trinajstić information content (AvgIpc) is 3.21.